The van der Waals surface area contributed by atoms with Crippen LogP contribution in [0.25, 0.3) is 0 Å². The van der Waals surface area contributed by atoms with Crippen molar-refractivity contribution in [3.05, 3.63) is 29.8 Å². The van der Waals surface area contributed by atoms with Gasteiger partial charge in [0.15, 0.2) is 0 Å². The summed E-state index contributed by atoms with van der Waals surface area (Å²) in [5, 5.41) is 0. The lowest BCUT2D eigenvalue weighted by molar-refractivity contribution is -0.149. The number of rotatable bonds is 11. The van der Waals surface area contributed by atoms with E-state index in [0.29, 0.717) is 11.7 Å². The van der Waals surface area contributed by atoms with Crippen LogP contribution in [-0.4, -0.2) is 5.97 Å². The van der Waals surface area contributed by atoms with E-state index >= 15 is 0 Å². The van der Waals surface area contributed by atoms with Gasteiger partial charge in [0.1, 0.15) is 5.75 Å². The van der Waals surface area contributed by atoms with Crippen molar-refractivity contribution in [2.75, 3.05) is 0 Å². The molecule has 1 atom stereocenters. The van der Waals surface area contributed by atoms with E-state index < -0.39 is 5.41 Å². The Morgan fingerprint density at radius 2 is 1.43 bits per heavy atom. The highest BCUT2D eigenvalue weighted by molar-refractivity contribution is 5.79. The Labute approximate surface area is 174 Å². The summed E-state index contributed by atoms with van der Waals surface area (Å²) in [4.78, 5) is 13.0. The molecule has 0 heterocycles. The van der Waals surface area contributed by atoms with Gasteiger partial charge in [0.05, 0.1) is 5.41 Å². The summed E-state index contributed by atoms with van der Waals surface area (Å²) in [6.07, 6.45) is 8.30. The molecule has 0 fully saturated rings. The van der Waals surface area contributed by atoms with Gasteiger partial charge in [-0.25, -0.2) is 0 Å². The smallest absolute Gasteiger partial charge is 0.317 e. The van der Waals surface area contributed by atoms with E-state index in [1.54, 1.807) is 0 Å². The third-order valence-electron chi connectivity index (χ3n) is 6.01. The summed E-state index contributed by atoms with van der Waals surface area (Å²) in [7, 11) is 0. The zero-order valence-corrected chi connectivity index (χ0v) is 19.7. The average Bonchev–Trinajstić information content (AvgIpc) is 2.61. The van der Waals surface area contributed by atoms with Crippen LogP contribution >= 0.6 is 0 Å². The number of benzene rings is 1. The molecule has 0 aliphatic carbocycles. The van der Waals surface area contributed by atoms with Crippen LogP contribution in [0.15, 0.2) is 24.3 Å². The van der Waals surface area contributed by atoms with E-state index in [2.05, 4.69) is 60.6 Å². The second-order valence-electron chi connectivity index (χ2n) is 10.2. The third-order valence-corrected chi connectivity index (χ3v) is 6.01. The first kappa shape index (κ1) is 24.7. The molecule has 0 aliphatic rings. The Morgan fingerprint density at radius 3 is 1.82 bits per heavy atom. The van der Waals surface area contributed by atoms with Crippen molar-refractivity contribution in [1.29, 1.82) is 0 Å². The van der Waals surface area contributed by atoms with Crippen molar-refractivity contribution in [3.63, 3.8) is 0 Å². The van der Waals surface area contributed by atoms with Gasteiger partial charge in [-0.05, 0) is 61.1 Å². The van der Waals surface area contributed by atoms with E-state index in [4.69, 9.17) is 4.74 Å². The summed E-state index contributed by atoms with van der Waals surface area (Å²) >= 11 is 0. The van der Waals surface area contributed by atoms with Crippen LogP contribution in [-0.2, 0) is 4.79 Å². The topological polar surface area (TPSA) is 26.3 Å². The Hall–Kier alpha value is -1.31. The second kappa shape index (κ2) is 11.0. The molecule has 0 aliphatic heterocycles. The van der Waals surface area contributed by atoms with Crippen LogP contribution < -0.4 is 4.74 Å². The predicted molar refractivity (Wildman–Crippen MR) is 121 cm³/mol. The third kappa shape index (κ3) is 7.60. The quantitative estimate of drug-likeness (QED) is 0.282. The molecule has 1 aromatic carbocycles. The number of unbranched alkanes of at least 4 members (excludes halogenated alkanes) is 2. The predicted octanol–water partition coefficient (Wildman–Crippen LogP) is 8.15. The summed E-state index contributed by atoms with van der Waals surface area (Å²) < 4.78 is 5.84. The Bertz CT molecular complexity index is 571. The normalized spacial score (nSPS) is 14.4. The van der Waals surface area contributed by atoms with Crippen molar-refractivity contribution in [2.45, 2.75) is 106 Å². The van der Waals surface area contributed by atoms with Gasteiger partial charge < -0.3 is 4.74 Å². The van der Waals surface area contributed by atoms with E-state index in [0.717, 1.165) is 6.42 Å². The summed E-state index contributed by atoms with van der Waals surface area (Å²) in [5.74, 6) is 1.40. The van der Waals surface area contributed by atoms with Crippen LogP contribution in [0.5, 0.6) is 5.75 Å². The SMILES string of the molecule is CCCCC(CCCC)c1ccc(OC(=O)C(C)(CC(C)(C)C)C(C)C)cc1. The van der Waals surface area contributed by atoms with Crippen molar-refractivity contribution in [1.82, 2.24) is 0 Å². The lowest BCUT2D eigenvalue weighted by Crippen LogP contribution is -2.40. The molecule has 1 rings (SSSR count). The molecule has 0 saturated heterocycles. The molecule has 1 aromatic rings. The van der Waals surface area contributed by atoms with Crippen molar-refractivity contribution >= 4 is 5.97 Å². The molecule has 0 radical (unpaired) electrons. The number of hydrogen-bond acceptors (Lipinski definition) is 2. The fourth-order valence-corrected chi connectivity index (χ4v) is 4.02. The van der Waals surface area contributed by atoms with E-state index in [1.807, 2.05) is 19.1 Å². The highest BCUT2D eigenvalue weighted by Gasteiger charge is 2.41. The number of carbonyl (C=O) groups excluding carboxylic acids is 1. The minimum Gasteiger partial charge on any atom is -0.426 e. The van der Waals surface area contributed by atoms with Crippen LogP contribution in [0.3, 0.4) is 0 Å². The van der Waals surface area contributed by atoms with Gasteiger partial charge in [-0.2, -0.15) is 0 Å². The number of hydrogen-bond donors (Lipinski definition) is 0. The first-order valence-corrected chi connectivity index (χ1v) is 11.4. The number of carbonyl (C=O) groups is 1. The average molecular weight is 389 g/mol. The lowest BCUT2D eigenvalue weighted by atomic mass is 9.69. The Kier molecular flexibility index (Phi) is 9.74. The first-order valence-electron chi connectivity index (χ1n) is 11.4. The highest BCUT2D eigenvalue weighted by Crippen LogP contribution is 2.40. The van der Waals surface area contributed by atoms with Gasteiger partial charge in [0.2, 0.25) is 0 Å². The molecule has 160 valence electrons. The molecule has 0 aromatic heterocycles. The molecule has 0 amide bonds. The molecule has 0 bridgehead atoms. The molecule has 28 heavy (non-hydrogen) atoms. The lowest BCUT2D eigenvalue weighted by Gasteiger charge is -2.36. The molecular formula is C26H44O2. The van der Waals surface area contributed by atoms with Crippen molar-refractivity contribution in [3.8, 4) is 5.75 Å². The standard InChI is InChI=1S/C26H44O2/c1-9-11-13-21(14-12-10-2)22-15-17-23(18-16-22)28-24(27)26(8,20(3)4)19-25(5,6)7/h15-18,20-21H,9-14,19H2,1-8H3. The fraction of sp³-hybridized carbons (Fsp3) is 0.731. The van der Waals surface area contributed by atoms with Gasteiger partial charge in [-0.1, -0.05) is 86.3 Å². The zero-order valence-electron chi connectivity index (χ0n) is 19.7. The van der Waals surface area contributed by atoms with Crippen LogP contribution in [0.2, 0.25) is 0 Å². The van der Waals surface area contributed by atoms with Crippen molar-refractivity contribution < 1.29 is 9.53 Å². The van der Waals surface area contributed by atoms with Crippen molar-refractivity contribution in [2.24, 2.45) is 16.7 Å². The molecule has 0 N–H and O–H groups in total. The largest absolute Gasteiger partial charge is 0.426 e. The van der Waals surface area contributed by atoms with Crippen LogP contribution in [0, 0.1) is 16.7 Å². The minimum atomic E-state index is -0.484. The maximum absolute atomic E-state index is 13.0. The monoisotopic (exact) mass is 388 g/mol. The summed E-state index contributed by atoms with van der Waals surface area (Å²) in [5.41, 5.74) is 0.970. The van der Waals surface area contributed by atoms with Crippen LogP contribution in [0.1, 0.15) is 112 Å². The van der Waals surface area contributed by atoms with Gasteiger partial charge in [0.25, 0.3) is 0 Å². The summed E-state index contributed by atoms with van der Waals surface area (Å²) in [6, 6.07) is 8.29. The maximum atomic E-state index is 13.0. The van der Waals surface area contributed by atoms with Crippen LogP contribution in [0.4, 0.5) is 0 Å². The van der Waals surface area contributed by atoms with E-state index in [1.165, 1.54) is 44.1 Å². The van der Waals surface area contributed by atoms with Gasteiger partial charge in [-0.3, -0.25) is 4.79 Å². The van der Waals surface area contributed by atoms with Gasteiger partial charge in [0, 0.05) is 0 Å². The maximum Gasteiger partial charge on any atom is 0.317 e. The van der Waals surface area contributed by atoms with Gasteiger partial charge in [-0.15, -0.1) is 0 Å². The summed E-state index contributed by atoms with van der Waals surface area (Å²) in [6.45, 7) is 17.3. The molecular weight excluding hydrogens is 344 g/mol. The molecule has 0 spiro atoms. The minimum absolute atomic E-state index is 0.0771. The first-order chi connectivity index (χ1) is 13.0. The highest BCUT2D eigenvalue weighted by atomic mass is 16.5. The Morgan fingerprint density at radius 1 is 0.929 bits per heavy atom. The fourth-order valence-electron chi connectivity index (χ4n) is 4.02. The van der Waals surface area contributed by atoms with E-state index in [9.17, 15) is 4.79 Å². The Balaban J connectivity index is 2.90. The van der Waals surface area contributed by atoms with E-state index in [-0.39, 0.29) is 17.3 Å². The zero-order chi connectivity index (χ0) is 21.4. The molecule has 1 unspecified atom stereocenters. The molecule has 0 saturated carbocycles. The van der Waals surface area contributed by atoms with Gasteiger partial charge >= 0.3 is 5.97 Å². The second-order valence-corrected chi connectivity index (χ2v) is 10.2. The number of esters is 1. The number of ether oxygens (including phenoxy) is 1. The molecule has 2 heteroatoms. The molecule has 2 nitrogen and oxygen atoms in total.